The lowest BCUT2D eigenvalue weighted by molar-refractivity contribution is 0.0132. The molecule has 2 aromatic carbocycles. The van der Waals surface area contributed by atoms with Gasteiger partial charge in [0.1, 0.15) is 5.60 Å². The molecule has 2 atom stereocenters. The molecule has 1 amide bonds. The fraction of sp³-hybridized carbons (Fsp3) is 0.594. The van der Waals surface area contributed by atoms with Crippen molar-refractivity contribution in [2.24, 2.45) is 0 Å². The summed E-state index contributed by atoms with van der Waals surface area (Å²) in [5.41, 5.74) is -0.505. The van der Waals surface area contributed by atoms with Crippen LogP contribution in [-0.2, 0) is 13.9 Å². The van der Waals surface area contributed by atoms with E-state index < -0.39 is 13.9 Å². The molecule has 2 fully saturated rings. The Bertz CT molecular complexity index is 1040. The number of hydrogen-bond donors (Lipinski definition) is 0. The predicted octanol–water partition coefficient (Wildman–Crippen LogP) is 5.05. The Hall–Kier alpha value is -2.19. The maximum Gasteiger partial charge on any atom is 0.410 e. The van der Waals surface area contributed by atoms with Crippen LogP contribution in [0.5, 0.6) is 0 Å². The molecule has 0 saturated carbocycles. The van der Waals surface area contributed by atoms with E-state index in [0.29, 0.717) is 19.8 Å². The summed E-state index contributed by atoms with van der Waals surface area (Å²) >= 11 is 0. The number of benzene rings is 2. The van der Waals surface area contributed by atoms with Gasteiger partial charge >= 0.3 is 6.09 Å². The maximum atomic E-state index is 12.3. The topological polar surface area (TPSA) is 51.2 Å². The first-order valence-corrected chi connectivity index (χ1v) is 16.3. The highest BCUT2D eigenvalue weighted by molar-refractivity contribution is 6.99. The molecule has 0 aliphatic carbocycles. The van der Waals surface area contributed by atoms with Crippen LogP contribution in [-0.4, -0.2) is 81.4 Å². The molecule has 214 valence electrons. The molecule has 0 N–H and O–H groups in total. The van der Waals surface area contributed by atoms with Crippen LogP contribution in [0.3, 0.4) is 0 Å². The van der Waals surface area contributed by atoms with Crippen molar-refractivity contribution < 1.29 is 18.7 Å². The number of rotatable bonds is 9. The van der Waals surface area contributed by atoms with Gasteiger partial charge in [-0.3, -0.25) is 4.90 Å². The number of amides is 1. The van der Waals surface area contributed by atoms with Gasteiger partial charge in [0.05, 0.1) is 19.3 Å². The normalized spacial score (nSPS) is 22.1. The summed E-state index contributed by atoms with van der Waals surface area (Å²) in [4.78, 5) is 16.5. The summed E-state index contributed by atoms with van der Waals surface area (Å²) in [6.45, 7) is 16.4. The van der Waals surface area contributed by atoms with Crippen molar-refractivity contribution in [3.8, 4) is 0 Å². The quantitative estimate of drug-likeness (QED) is 0.408. The zero-order valence-electron chi connectivity index (χ0n) is 25.0. The van der Waals surface area contributed by atoms with Crippen LogP contribution in [0.2, 0.25) is 5.04 Å². The second-order valence-electron chi connectivity index (χ2n) is 13.3. The Balaban J connectivity index is 1.48. The van der Waals surface area contributed by atoms with Gasteiger partial charge in [-0.1, -0.05) is 81.4 Å². The van der Waals surface area contributed by atoms with Gasteiger partial charge in [0.15, 0.2) is 0 Å². The van der Waals surface area contributed by atoms with Gasteiger partial charge in [-0.2, -0.15) is 0 Å². The van der Waals surface area contributed by atoms with Gasteiger partial charge in [0.2, 0.25) is 0 Å². The smallest absolute Gasteiger partial charge is 0.410 e. The second-order valence-corrected chi connectivity index (χ2v) is 17.6. The molecule has 2 aromatic rings. The lowest BCUT2D eigenvalue weighted by Gasteiger charge is -2.45. The molecule has 6 nitrogen and oxygen atoms in total. The summed E-state index contributed by atoms with van der Waals surface area (Å²) in [6.07, 6.45) is 3.11. The maximum absolute atomic E-state index is 12.3. The van der Waals surface area contributed by atoms with Crippen LogP contribution in [0, 0.1) is 0 Å². The SMILES string of the molecule is CN(CCO[C@H]1CN2CCC[C@]2(CO[Si](c2ccccc2)(c2ccccc2)C(C)(C)C)C1)C(=O)OC(C)(C)C. The molecule has 2 heterocycles. The minimum absolute atomic E-state index is 0.00516. The Morgan fingerprint density at radius 3 is 2.13 bits per heavy atom. The Kier molecular flexibility index (Phi) is 8.96. The monoisotopic (exact) mass is 552 g/mol. The number of nitrogens with zero attached hydrogens (tertiary/aromatic N) is 2. The van der Waals surface area contributed by atoms with E-state index in [4.69, 9.17) is 13.9 Å². The zero-order valence-corrected chi connectivity index (χ0v) is 26.0. The zero-order chi connectivity index (χ0) is 28.3. The van der Waals surface area contributed by atoms with Gasteiger partial charge in [-0.15, -0.1) is 0 Å². The molecule has 2 aliphatic rings. The molecule has 2 aliphatic heterocycles. The highest BCUT2D eigenvalue weighted by atomic mass is 28.4. The predicted molar refractivity (Wildman–Crippen MR) is 160 cm³/mol. The van der Waals surface area contributed by atoms with Crippen molar-refractivity contribution in [1.82, 2.24) is 9.80 Å². The summed E-state index contributed by atoms with van der Waals surface area (Å²) in [5.74, 6) is 0. The number of likely N-dealkylation sites (N-methyl/N-ethyl adjacent to an activating group) is 1. The van der Waals surface area contributed by atoms with E-state index in [0.717, 1.165) is 25.9 Å². The highest BCUT2D eigenvalue weighted by Gasteiger charge is 2.54. The van der Waals surface area contributed by atoms with E-state index in [2.05, 4.69) is 86.3 Å². The number of carbonyl (C=O) groups excluding carboxylic acids is 1. The standard InChI is InChI=1S/C32H48N2O4Si/c1-30(2,3)38-29(35)33(7)21-22-36-26-23-32(19-14-20-34(32)24-26)25-37-39(31(4,5)6,27-15-10-8-11-16-27)28-17-12-9-13-18-28/h8-13,15-18,26H,14,19-25H2,1-7H3/t26-,32-/m1/s1. The Morgan fingerprint density at radius 1 is 1.00 bits per heavy atom. The molecular weight excluding hydrogens is 504 g/mol. The third kappa shape index (κ3) is 6.59. The minimum Gasteiger partial charge on any atom is -0.444 e. The van der Waals surface area contributed by atoms with E-state index in [9.17, 15) is 4.79 Å². The first-order chi connectivity index (χ1) is 18.4. The molecule has 0 spiro atoms. The van der Waals surface area contributed by atoms with Gasteiger partial charge in [0.25, 0.3) is 8.32 Å². The lowest BCUT2D eigenvalue weighted by atomic mass is 9.94. The number of fused-ring (bicyclic) bond motifs is 1. The fourth-order valence-electron chi connectivity index (χ4n) is 6.37. The van der Waals surface area contributed by atoms with Crippen LogP contribution in [0.25, 0.3) is 0 Å². The number of ether oxygens (including phenoxy) is 2. The Morgan fingerprint density at radius 2 is 1.59 bits per heavy atom. The third-order valence-corrected chi connectivity index (χ3v) is 13.2. The molecule has 7 heteroatoms. The first-order valence-electron chi connectivity index (χ1n) is 14.4. The van der Waals surface area contributed by atoms with Crippen LogP contribution in [0.1, 0.15) is 60.8 Å². The van der Waals surface area contributed by atoms with E-state index in [1.165, 1.54) is 16.8 Å². The van der Waals surface area contributed by atoms with Crippen molar-refractivity contribution in [2.45, 2.75) is 83.1 Å². The van der Waals surface area contributed by atoms with Crippen molar-refractivity contribution >= 4 is 24.8 Å². The average Bonchev–Trinajstić information content (AvgIpc) is 3.41. The van der Waals surface area contributed by atoms with Gasteiger partial charge in [0, 0.05) is 25.7 Å². The van der Waals surface area contributed by atoms with E-state index in [1.54, 1.807) is 11.9 Å². The first kappa shape index (κ1) is 29.8. The van der Waals surface area contributed by atoms with Crippen LogP contribution < -0.4 is 10.4 Å². The van der Waals surface area contributed by atoms with Gasteiger partial charge in [-0.25, -0.2) is 4.79 Å². The highest BCUT2D eigenvalue weighted by Crippen LogP contribution is 2.43. The summed E-state index contributed by atoms with van der Waals surface area (Å²) in [5, 5.41) is 2.59. The van der Waals surface area contributed by atoms with Gasteiger partial charge < -0.3 is 18.8 Å². The van der Waals surface area contributed by atoms with E-state index in [1.807, 2.05) is 20.8 Å². The largest absolute Gasteiger partial charge is 0.444 e. The fourth-order valence-corrected chi connectivity index (χ4v) is 11.0. The second kappa shape index (κ2) is 11.7. The molecule has 39 heavy (non-hydrogen) atoms. The molecule has 0 radical (unpaired) electrons. The molecule has 0 unspecified atom stereocenters. The Labute approximate surface area is 236 Å². The summed E-state index contributed by atoms with van der Waals surface area (Å²) < 4.78 is 19.2. The van der Waals surface area contributed by atoms with Crippen molar-refractivity contribution in [3.05, 3.63) is 60.7 Å². The van der Waals surface area contributed by atoms with Gasteiger partial charge in [-0.05, 0) is 62.0 Å². The molecule has 0 aromatic heterocycles. The molecule has 4 rings (SSSR count). The van der Waals surface area contributed by atoms with E-state index in [-0.39, 0.29) is 22.8 Å². The summed E-state index contributed by atoms with van der Waals surface area (Å²) in [6, 6.07) is 21.8. The molecule has 0 bridgehead atoms. The third-order valence-electron chi connectivity index (χ3n) is 8.23. The van der Waals surface area contributed by atoms with Crippen molar-refractivity contribution in [1.29, 1.82) is 0 Å². The van der Waals surface area contributed by atoms with Crippen molar-refractivity contribution in [2.75, 3.05) is 39.9 Å². The average molecular weight is 553 g/mol. The number of hydrogen-bond acceptors (Lipinski definition) is 5. The molecule has 2 saturated heterocycles. The van der Waals surface area contributed by atoms with Crippen molar-refractivity contribution in [3.63, 3.8) is 0 Å². The van der Waals surface area contributed by atoms with Crippen LogP contribution in [0.15, 0.2) is 60.7 Å². The number of carbonyl (C=O) groups is 1. The lowest BCUT2D eigenvalue weighted by Crippen LogP contribution is -2.68. The van der Waals surface area contributed by atoms with Crippen LogP contribution in [0.4, 0.5) is 4.79 Å². The van der Waals surface area contributed by atoms with Crippen LogP contribution >= 0.6 is 0 Å². The van der Waals surface area contributed by atoms with E-state index >= 15 is 0 Å². The molecular formula is C32H48N2O4Si. The summed E-state index contributed by atoms with van der Waals surface area (Å²) in [7, 11) is -0.835. The minimum atomic E-state index is -2.60.